The van der Waals surface area contributed by atoms with E-state index in [0.717, 1.165) is 5.69 Å². The molecule has 0 saturated carbocycles. The molecule has 0 aliphatic heterocycles. The first-order chi connectivity index (χ1) is 8.54. The van der Waals surface area contributed by atoms with Crippen molar-refractivity contribution in [1.82, 2.24) is 5.32 Å². The van der Waals surface area contributed by atoms with E-state index in [0.29, 0.717) is 5.69 Å². The molecule has 2 amide bonds. The van der Waals surface area contributed by atoms with E-state index in [9.17, 15) is 9.59 Å². The number of benzene rings is 1. The SMILES string of the molecule is CN(C)c1cccc(NC(=O)C(=O)NCCCl)c1. The zero-order valence-electron chi connectivity index (χ0n) is 10.4. The maximum atomic E-state index is 11.5. The van der Waals surface area contributed by atoms with Gasteiger partial charge in [-0.1, -0.05) is 6.07 Å². The highest BCUT2D eigenvalue weighted by atomic mass is 35.5. The highest BCUT2D eigenvalue weighted by molar-refractivity contribution is 6.39. The lowest BCUT2D eigenvalue weighted by Gasteiger charge is -2.13. The predicted molar refractivity (Wildman–Crippen MR) is 73.1 cm³/mol. The molecule has 0 radical (unpaired) electrons. The van der Waals surface area contributed by atoms with Crippen molar-refractivity contribution in [3.63, 3.8) is 0 Å². The van der Waals surface area contributed by atoms with Gasteiger partial charge < -0.3 is 15.5 Å². The van der Waals surface area contributed by atoms with Crippen LogP contribution >= 0.6 is 11.6 Å². The molecule has 0 aliphatic rings. The van der Waals surface area contributed by atoms with Crippen LogP contribution in [-0.4, -0.2) is 38.3 Å². The first-order valence-corrected chi connectivity index (χ1v) is 6.00. The quantitative estimate of drug-likeness (QED) is 0.634. The van der Waals surface area contributed by atoms with Gasteiger partial charge in [-0.05, 0) is 18.2 Å². The zero-order chi connectivity index (χ0) is 13.5. The third-order valence-electron chi connectivity index (χ3n) is 2.21. The molecule has 1 aromatic carbocycles. The largest absolute Gasteiger partial charge is 0.378 e. The van der Waals surface area contributed by atoms with Gasteiger partial charge in [0.1, 0.15) is 0 Å². The molecule has 98 valence electrons. The van der Waals surface area contributed by atoms with Crippen LogP contribution < -0.4 is 15.5 Å². The van der Waals surface area contributed by atoms with Crippen molar-refractivity contribution < 1.29 is 9.59 Å². The summed E-state index contributed by atoms with van der Waals surface area (Å²) in [7, 11) is 3.79. The minimum Gasteiger partial charge on any atom is -0.378 e. The van der Waals surface area contributed by atoms with Crippen LogP contribution in [-0.2, 0) is 9.59 Å². The number of nitrogens with zero attached hydrogens (tertiary/aromatic N) is 1. The van der Waals surface area contributed by atoms with Crippen LogP contribution in [0.3, 0.4) is 0 Å². The summed E-state index contributed by atoms with van der Waals surface area (Å²) >= 11 is 5.41. The fourth-order valence-electron chi connectivity index (χ4n) is 1.29. The summed E-state index contributed by atoms with van der Waals surface area (Å²) in [6.45, 7) is 0.269. The van der Waals surface area contributed by atoms with Gasteiger partial charge in [0, 0.05) is 37.9 Å². The Labute approximate surface area is 111 Å². The molecule has 0 heterocycles. The summed E-state index contributed by atoms with van der Waals surface area (Å²) in [5, 5.41) is 4.92. The zero-order valence-corrected chi connectivity index (χ0v) is 11.1. The lowest BCUT2D eigenvalue weighted by molar-refractivity contribution is -0.136. The van der Waals surface area contributed by atoms with Crippen molar-refractivity contribution in [2.45, 2.75) is 0 Å². The second-order valence-corrected chi connectivity index (χ2v) is 4.22. The number of carbonyl (C=O) groups excluding carboxylic acids is 2. The first kappa shape index (κ1) is 14.3. The van der Waals surface area contributed by atoms with Crippen molar-refractivity contribution in [3.05, 3.63) is 24.3 Å². The molecular formula is C12H16ClN3O2. The monoisotopic (exact) mass is 269 g/mol. The number of amides is 2. The molecule has 0 unspecified atom stereocenters. The third kappa shape index (κ3) is 4.25. The average Bonchev–Trinajstić information content (AvgIpc) is 2.36. The molecule has 0 saturated heterocycles. The highest BCUT2D eigenvalue weighted by Crippen LogP contribution is 2.16. The minimum absolute atomic E-state index is 0.269. The van der Waals surface area contributed by atoms with E-state index < -0.39 is 11.8 Å². The van der Waals surface area contributed by atoms with Crippen LogP contribution in [0.1, 0.15) is 0 Å². The Bertz CT molecular complexity index is 435. The van der Waals surface area contributed by atoms with Crippen LogP contribution in [0.2, 0.25) is 0 Å². The Kier molecular flexibility index (Phi) is 5.45. The molecule has 6 heteroatoms. The smallest absolute Gasteiger partial charge is 0.313 e. The van der Waals surface area contributed by atoms with Crippen molar-refractivity contribution in [3.8, 4) is 0 Å². The summed E-state index contributed by atoms with van der Waals surface area (Å²) in [5.74, 6) is -1.11. The maximum absolute atomic E-state index is 11.5. The van der Waals surface area contributed by atoms with E-state index in [4.69, 9.17) is 11.6 Å². The van der Waals surface area contributed by atoms with Crippen LogP contribution in [0.5, 0.6) is 0 Å². The van der Waals surface area contributed by atoms with Crippen LogP contribution in [0.15, 0.2) is 24.3 Å². The lowest BCUT2D eigenvalue weighted by Crippen LogP contribution is -2.36. The van der Waals surface area contributed by atoms with Gasteiger partial charge in [0.15, 0.2) is 0 Å². The second-order valence-electron chi connectivity index (χ2n) is 3.84. The first-order valence-electron chi connectivity index (χ1n) is 5.47. The van der Waals surface area contributed by atoms with Crippen molar-refractivity contribution in [2.75, 3.05) is 36.7 Å². The summed E-state index contributed by atoms with van der Waals surface area (Å²) < 4.78 is 0. The Hall–Kier alpha value is -1.75. The molecule has 0 aromatic heterocycles. The van der Waals surface area contributed by atoms with E-state index in [1.165, 1.54) is 0 Å². The van der Waals surface area contributed by atoms with E-state index >= 15 is 0 Å². The molecule has 2 N–H and O–H groups in total. The van der Waals surface area contributed by atoms with Gasteiger partial charge in [-0.25, -0.2) is 0 Å². The van der Waals surface area contributed by atoms with E-state index in [-0.39, 0.29) is 12.4 Å². The number of alkyl halides is 1. The standard InChI is InChI=1S/C12H16ClN3O2/c1-16(2)10-5-3-4-9(8-10)15-12(18)11(17)14-7-6-13/h3-5,8H,6-7H2,1-2H3,(H,14,17)(H,15,18). The van der Waals surface area contributed by atoms with Gasteiger partial charge in [0.2, 0.25) is 0 Å². The van der Waals surface area contributed by atoms with E-state index in [1.54, 1.807) is 12.1 Å². The summed E-state index contributed by atoms with van der Waals surface area (Å²) in [6.07, 6.45) is 0. The maximum Gasteiger partial charge on any atom is 0.313 e. The average molecular weight is 270 g/mol. The van der Waals surface area contributed by atoms with E-state index in [1.807, 2.05) is 31.1 Å². The predicted octanol–water partition coefficient (Wildman–Crippen LogP) is 1.05. The minimum atomic E-state index is -0.698. The molecule has 0 aliphatic carbocycles. The third-order valence-corrected chi connectivity index (χ3v) is 2.40. The molecule has 1 aromatic rings. The number of nitrogens with one attached hydrogen (secondary N) is 2. The fourth-order valence-corrected chi connectivity index (χ4v) is 1.39. The summed E-state index contributed by atoms with van der Waals surface area (Å²) in [6, 6.07) is 7.22. The van der Waals surface area contributed by atoms with Crippen LogP contribution in [0, 0.1) is 0 Å². The number of anilines is 2. The molecule has 5 nitrogen and oxygen atoms in total. The molecule has 1 rings (SSSR count). The Morgan fingerprint density at radius 3 is 2.61 bits per heavy atom. The van der Waals surface area contributed by atoms with Crippen LogP contribution in [0.4, 0.5) is 11.4 Å². The topological polar surface area (TPSA) is 61.4 Å². The number of hydrogen-bond donors (Lipinski definition) is 2. The molecule has 18 heavy (non-hydrogen) atoms. The normalized spacial score (nSPS) is 9.72. The molecular weight excluding hydrogens is 254 g/mol. The summed E-state index contributed by atoms with van der Waals surface area (Å²) in [5.41, 5.74) is 1.51. The van der Waals surface area contributed by atoms with Gasteiger partial charge in [0.05, 0.1) is 0 Å². The van der Waals surface area contributed by atoms with Gasteiger partial charge in [-0.3, -0.25) is 9.59 Å². The number of rotatable bonds is 4. The van der Waals surface area contributed by atoms with Crippen molar-refractivity contribution in [1.29, 1.82) is 0 Å². The fraction of sp³-hybridized carbons (Fsp3) is 0.333. The van der Waals surface area contributed by atoms with Gasteiger partial charge in [-0.2, -0.15) is 0 Å². The number of halogens is 1. The van der Waals surface area contributed by atoms with Crippen molar-refractivity contribution >= 4 is 34.8 Å². The lowest BCUT2D eigenvalue weighted by atomic mass is 10.2. The molecule has 0 fully saturated rings. The Morgan fingerprint density at radius 1 is 1.28 bits per heavy atom. The highest BCUT2D eigenvalue weighted by Gasteiger charge is 2.12. The van der Waals surface area contributed by atoms with E-state index in [2.05, 4.69) is 10.6 Å². The Balaban J connectivity index is 2.64. The number of carbonyl (C=O) groups is 2. The number of hydrogen-bond acceptors (Lipinski definition) is 3. The second kappa shape index (κ2) is 6.86. The van der Waals surface area contributed by atoms with Gasteiger partial charge >= 0.3 is 11.8 Å². The molecule has 0 spiro atoms. The summed E-state index contributed by atoms with van der Waals surface area (Å²) in [4.78, 5) is 24.8. The molecule has 0 bridgehead atoms. The van der Waals surface area contributed by atoms with Crippen molar-refractivity contribution in [2.24, 2.45) is 0 Å². The van der Waals surface area contributed by atoms with Gasteiger partial charge in [-0.15, -0.1) is 11.6 Å². The molecule has 0 atom stereocenters. The van der Waals surface area contributed by atoms with Gasteiger partial charge in [0.25, 0.3) is 0 Å². The Morgan fingerprint density at radius 2 is 2.00 bits per heavy atom. The van der Waals surface area contributed by atoms with Crippen LogP contribution in [0.25, 0.3) is 0 Å².